The zero-order valence-corrected chi connectivity index (χ0v) is 10.9. The number of aromatic nitrogens is 4. The molecule has 0 unspecified atom stereocenters. The first kappa shape index (κ1) is 11.7. The topological polar surface area (TPSA) is 47.7 Å². The van der Waals surface area contributed by atoms with Crippen molar-refractivity contribution in [2.75, 3.05) is 5.32 Å². The minimum atomic E-state index is 0.766. The summed E-state index contributed by atoms with van der Waals surface area (Å²) >= 11 is 0. The summed E-state index contributed by atoms with van der Waals surface area (Å²) in [5, 5.41) is 12.0. The Balaban J connectivity index is 2.04. The molecule has 0 saturated heterocycles. The summed E-state index contributed by atoms with van der Waals surface area (Å²) in [7, 11) is 1.95. The van der Waals surface area contributed by atoms with E-state index in [1.54, 1.807) is 0 Å². The third-order valence-corrected chi connectivity index (χ3v) is 3.08. The molecule has 0 saturated carbocycles. The Morgan fingerprint density at radius 3 is 2.65 bits per heavy atom. The first-order chi connectivity index (χ1) is 8.11. The Hall–Kier alpha value is -1.78. The van der Waals surface area contributed by atoms with Crippen LogP contribution in [0.3, 0.4) is 0 Å². The van der Waals surface area contributed by atoms with Crippen LogP contribution in [0.25, 0.3) is 0 Å². The Morgan fingerprint density at radius 1 is 1.35 bits per heavy atom. The lowest BCUT2D eigenvalue weighted by Gasteiger charge is -2.03. The van der Waals surface area contributed by atoms with Gasteiger partial charge < -0.3 is 5.32 Å². The second-order valence-electron chi connectivity index (χ2n) is 4.22. The van der Waals surface area contributed by atoms with Crippen LogP contribution in [-0.2, 0) is 20.1 Å². The Morgan fingerprint density at radius 2 is 2.12 bits per heavy atom. The van der Waals surface area contributed by atoms with Crippen molar-refractivity contribution in [1.82, 2.24) is 19.6 Å². The van der Waals surface area contributed by atoms with Gasteiger partial charge in [-0.1, -0.05) is 0 Å². The third kappa shape index (κ3) is 2.33. The van der Waals surface area contributed by atoms with Crippen LogP contribution in [0.15, 0.2) is 12.3 Å². The van der Waals surface area contributed by atoms with Crippen molar-refractivity contribution in [1.29, 1.82) is 0 Å². The predicted molar refractivity (Wildman–Crippen MR) is 67.9 cm³/mol. The van der Waals surface area contributed by atoms with Crippen LogP contribution < -0.4 is 5.32 Å². The van der Waals surface area contributed by atoms with Crippen molar-refractivity contribution in [3.63, 3.8) is 0 Å². The highest BCUT2D eigenvalue weighted by Gasteiger charge is 2.06. The first-order valence-electron chi connectivity index (χ1n) is 5.87. The highest BCUT2D eigenvalue weighted by molar-refractivity contribution is 5.37. The van der Waals surface area contributed by atoms with E-state index in [1.165, 1.54) is 11.3 Å². The molecule has 0 aliphatic carbocycles. The molecule has 5 nitrogen and oxygen atoms in total. The summed E-state index contributed by atoms with van der Waals surface area (Å²) in [5.74, 6) is 0.911. The molecule has 0 spiro atoms. The lowest BCUT2D eigenvalue weighted by Crippen LogP contribution is -2.03. The first-order valence-corrected chi connectivity index (χ1v) is 5.87. The Labute approximate surface area is 101 Å². The molecule has 1 N–H and O–H groups in total. The minimum Gasteiger partial charge on any atom is -0.364 e. The van der Waals surface area contributed by atoms with E-state index in [1.807, 2.05) is 35.6 Å². The number of anilines is 1. The van der Waals surface area contributed by atoms with Crippen molar-refractivity contribution in [2.24, 2.45) is 7.05 Å². The van der Waals surface area contributed by atoms with Crippen LogP contribution in [0.5, 0.6) is 0 Å². The van der Waals surface area contributed by atoms with E-state index in [-0.39, 0.29) is 0 Å². The molecule has 2 heterocycles. The Kier molecular flexibility index (Phi) is 3.17. The smallest absolute Gasteiger partial charge is 0.148 e. The van der Waals surface area contributed by atoms with Gasteiger partial charge in [0.25, 0.3) is 0 Å². The van der Waals surface area contributed by atoms with Crippen LogP contribution in [0.1, 0.15) is 23.9 Å². The fraction of sp³-hybridized carbons (Fsp3) is 0.500. The fourth-order valence-corrected chi connectivity index (χ4v) is 1.81. The van der Waals surface area contributed by atoms with Crippen LogP contribution >= 0.6 is 0 Å². The molecule has 5 heteroatoms. The van der Waals surface area contributed by atoms with Crippen molar-refractivity contribution < 1.29 is 0 Å². The van der Waals surface area contributed by atoms with E-state index in [0.29, 0.717) is 0 Å². The summed E-state index contributed by atoms with van der Waals surface area (Å²) in [6.07, 6.45) is 1.92. The van der Waals surface area contributed by atoms with E-state index < -0.39 is 0 Å². The quantitative estimate of drug-likeness (QED) is 0.877. The van der Waals surface area contributed by atoms with E-state index in [2.05, 4.69) is 29.4 Å². The summed E-state index contributed by atoms with van der Waals surface area (Å²) in [6.45, 7) is 7.91. The average Bonchev–Trinajstić information content (AvgIpc) is 2.81. The molecule has 0 amide bonds. The number of hydrogen-bond donors (Lipinski definition) is 1. The van der Waals surface area contributed by atoms with E-state index >= 15 is 0 Å². The maximum Gasteiger partial charge on any atom is 0.148 e. The van der Waals surface area contributed by atoms with Crippen molar-refractivity contribution in [3.8, 4) is 0 Å². The maximum absolute atomic E-state index is 4.36. The summed E-state index contributed by atoms with van der Waals surface area (Å²) < 4.78 is 3.87. The molecule has 2 aromatic rings. The second kappa shape index (κ2) is 4.61. The normalized spacial score (nSPS) is 10.8. The third-order valence-electron chi connectivity index (χ3n) is 3.08. The largest absolute Gasteiger partial charge is 0.364 e. The summed E-state index contributed by atoms with van der Waals surface area (Å²) in [4.78, 5) is 0. The van der Waals surface area contributed by atoms with Gasteiger partial charge in [0.1, 0.15) is 5.82 Å². The number of aryl methyl sites for hydroxylation is 3. The molecule has 0 aliphatic heterocycles. The second-order valence-corrected chi connectivity index (χ2v) is 4.22. The maximum atomic E-state index is 4.36. The molecule has 0 radical (unpaired) electrons. The molecular formula is C12H19N5. The predicted octanol–water partition coefficient (Wildman–Crippen LogP) is 1.87. The van der Waals surface area contributed by atoms with Crippen LogP contribution in [0.4, 0.5) is 5.82 Å². The lowest BCUT2D eigenvalue weighted by molar-refractivity contribution is 0.638. The van der Waals surface area contributed by atoms with E-state index in [0.717, 1.165) is 24.6 Å². The number of rotatable bonds is 4. The fourth-order valence-electron chi connectivity index (χ4n) is 1.81. The Bertz CT molecular complexity index is 489. The van der Waals surface area contributed by atoms with Crippen LogP contribution in [0.2, 0.25) is 0 Å². The molecule has 92 valence electrons. The van der Waals surface area contributed by atoms with Crippen molar-refractivity contribution >= 4 is 5.82 Å². The molecule has 17 heavy (non-hydrogen) atoms. The van der Waals surface area contributed by atoms with Gasteiger partial charge in [0.2, 0.25) is 0 Å². The molecule has 0 aromatic carbocycles. The zero-order chi connectivity index (χ0) is 12.4. The number of nitrogens with one attached hydrogen (secondary N) is 1. The van der Waals surface area contributed by atoms with Crippen molar-refractivity contribution in [2.45, 2.75) is 33.9 Å². The van der Waals surface area contributed by atoms with Gasteiger partial charge >= 0.3 is 0 Å². The monoisotopic (exact) mass is 233 g/mol. The summed E-state index contributed by atoms with van der Waals surface area (Å²) in [6, 6.07) is 2.04. The number of nitrogens with zero attached hydrogens (tertiary/aromatic N) is 4. The number of hydrogen-bond acceptors (Lipinski definition) is 3. The van der Waals surface area contributed by atoms with Gasteiger partial charge in [-0.15, -0.1) is 0 Å². The average molecular weight is 233 g/mol. The molecule has 2 aromatic heterocycles. The standard InChI is InChI=1S/C12H19N5/c1-5-17-10(3)11(8-14-17)7-13-12-6-9(2)16(4)15-12/h6,8H,5,7H2,1-4H3,(H,13,15). The van der Waals surface area contributed by atoms with Crippen molar-refractivity contribution in [3.05, 3.63) is 29.2 Å². The molecular weight excluding hydrogens is 214 g/mol. The van der Waals surface area contributed by atoms with Gasteiger partial charge in [0.05, 0.1) is 6.20 Å². The van der Waals surface area contributed by atoms with E-state index in [4.69, 9.17) is 0 Å². The van der Waals surface area contributed by atoms with Gasteiger partial charge in [0, 0.05) is 43.2 Å². The van der Waals surface area contributed by atoms with E-state index in [9.17, 15) is 0 Å². The van der Waals surface area contributed by atoms with Gasteiger partial charge in [0.15, 0.2) is 0 Å². The SMILES string of the molecule is CCn1ncc(CNc2cc(C)n(C)n2)c1C. The van der Waals surface area contributed by atoms with Gasteiger partial charge in [-0.05, 0) is 20.8 Å². The molecule has 0 aliphatic rings. The van der Waals surface area contributed by atoms with Gasteiger partial charge in [-0.25, -0.2) is 0 Å². The van der Waals surface area contributed by atoms with Crippen LogP contribution in [0, 0.1) is 13.8 Å². The highest BCUT2D eigenvalue weighted by Crippen LogP contribution is 2.11. The zero-order valence-electron chi connectivity index (χ0n) is 10.9. The van der Waals surface area contributed by atoms with Crippen LogP contribution in [-0.4, -0.2) is 19.6 Å². The highest BCUT2D eigenvalue weighted by atomic mass is 15.3. The molecule has 0 bridgehead atoms. The summed E-state index contributed by atoms with van der Waals surface area (Å²) in [5.41, 5.74) is 3.58. The van der Waals surface area contributed by atoms with Gasteiger partial charge in [-0.3, -0.25) is 9.36 Å². The van der Waals surface area contributed by atoms with Gasteiger partial charge in [-0.2, -0.15) is 10.2 Å². The molecule has 2 rings (SSSR count). The molecule has 0 atom stereocenters. The minimum absolute atomic E-state index is 0.766. The molecule has 0 fully saturated rings. The lowest BCUT2D eigenvalue weighted by atomic mass is 10.2.